The van der Waals surface area contributed by atoms with E-state index in [1.165, 1.54) is 24.3 Å². The van der Waals surface area contributed by atoms with Gasteiger partial charge in [-0.2, -0.15) is 21.6 Å². The van der Waals surface area contributed by atoms with Gasteiger partial charge in [0.25, 0.3) is 0 Å². The molecule has 1 aliphatic carbocycles. The first-order chi connectivity index (χ1) is 14.2. The molecule has 0 fully saturated rings. The molecule has 0 atom stereocenters. The van der Waals surface area contributed by atoms with Crippen molar-refractivity contribution in [3.8, 4) is 11.1 Å². The number of hydrogen-bond donors (Lipinski definition) is 0. The second kappa shape index (κ2) is 7.60. The first-order valence-corrected chi connectivity index (χ1v) is 10.6. The zero-order valence-electron chi connectivity index (χ0n) is 15.6. The van der Waals surface area contributed by atoms with Crippen LogP contribution in [0.15, 0.2) is 78.0 Å². The lowest BCUT2D eigenvalue weighted by molar-refractivity contribution is -0.0597. The molecule has 4 nitrogen and oxygen atoms in total. The van der Waals surface area contributed by atoms with E-state index in [1.807, 2.05) is 24.3 Å². The number of hydrogen-bond acceptors (Lipinski definition) is 4. The fraction of sp³-hybridized carbons (Fsp3) is 0.136. The van der Waals surface area contributed by atoms with Gasteiger partial charge in [0.1, 0.15) is 5.75 Å². The van der Waals surface area contributed by atoms with Gasteiger partial charge in [-0.05, 0) is 40.3 Å². The molecule has 0 amide bonds. The summed E-state index contributed by atoms with van der Waals surface area (Å²) in [5, 5.41) is 3.01. The van der Waals surface area contributed by atoms with E-state index in [1.54, 1.807) is 24.3 Å². The fourth-order valence-electron chi connectivity index (χ4n) is 3.46. The average Bonchev–Trinajstić information content (AvgIpc) is 3.05. The van der Waals surface area contributed by atoms with Crippen LogP contribution in [0.25, 0.3) is 11.1 Å². The van der Waals surface area contributed by atoms with Gasteiger partial charge < -0.3 is 0 Å². The molecule has 0 spiro atoms. The van der Waals surface area contributed by atoms with Crippen LogP contribution < -0.4 is 0 Å². The van der Waals surface area contributed by atoms with Crippen LogP contribution in [0.2, 0.25) is 0 Å². The smallest absolute Gasteiger partial charge is 0.268 e. The van der Waals surface area contributed by atoms with Gasteiger partial charge in [-0.15, -0.1) is 0 Å². The van der Waals surface area contributed by atoms with Crippen LogP contribution >= 0.6 is 0 Å². The number of fused-ring (bicyclic) bond motifs is 3. The van der Waals surface area contributed by atoms with E-state index in [0.717, 1.165) is 22.3 Å². The Bertz CT molecular complexity index is 1220. The minimum Gasteiger partial charge on any atom is -0.268 e. The lowest BCUT2D eigenvalue weighted by Crippen LogP contribution is -2.25. The average molecular weight is 431 g/mol. The summed E-state index contributed by atoms with van der Waals surface area (Å²) >= 11 is 0. The Morgan fingerprint density at radius 3 is 2.30 bits per heavy atom. The summed E-state index contributed by atoms with van der Waals surface area (Å²) in [4.78, 5) is 0. The van der Waals surface area contributed by atoms with Crippen LogP contribution in [0, 0.1) is 0 Å². The first-order valence-electron chi connectivity index (χ1n) is 9.05. The molecule has 1 aliphatic rings. The van der Waals surface area contributed by atoms with Crippen LogP contribution in [-0.4, -0.2) is 20.3 Å². The maximum Gasteiger partial charge on any atom is 0.437 e. The van der Waals surface area contributed by atoms with Crippen molar-refractivity contribution in [1.29, 1.82) is 0 Å². The predicted molar refractivity (Wildman–Crippen MR) is 107 cm³/mol. The quantitative estimate of drug-likeness (QED) is 0.327. The van der Waals surface area contributed by atoms with Gasteiger partial charge in [-0.1, -0.05) is 71.9 Å². The highest BCUT2D eigenvalue weighted by Gasteiger charge is 2.39. The summed E-state index contributed by atoms with van der Waals surface area (Å²) in [5.74, 6) is -0.581. The number of nitrogens with zero attached hydrogens (tertiary/aromatic N) is 1. The van der Waals surface area contributed by atoms with Crippen molar-refractivity contribution in [2.45, 2.75) is 18.3 Å². The van der Waals surface area contributed by atoms with Crippen molar-refractivity contribution in [2.24, 2.45) is 5.16 Å². The molecule has 3 aromatic carbocycles. The van der Waals surface area contributed by atoms with Crippen molar-refractivity contribution in [1.82, 2.24) is 0 Å². The molecule has 154 valence electrons. The topological polar surface area (TPSA) is 55.7 Å². The SMILES string of the molecule is O=S(=O)(Cc1ccccc1)O/N=C(/c1ccc2c(c1)Cc1ccccc1-2)C(F)(F)F. The van der Waals surface area contributed by atoms with Gasteiger partial charge in [0.2, 0.25) is 0 Å². The fourth-order valence-corrected chi connectivity index (χ4v) is 4.30. The Balaban J connectivity index is 1.63. The number of halogens is 3. The first kappa shape index (κ1) is 20.2. The van der Waals surface area contributed by atoms with Crippen LogP contribution in [-0.2, 0) is 26.6 Å². The van der Waals surface area contributed by atoms with Crippen molar-refractivity contribution in [3.63, 3.8) is 0 Å². The molecule has 0 unspecified atom stereocenters. The standard InChI is InChI=1S/C22H16F3NO3S/c23-22(24,25)21(26-29-30(27,28)14-15-6-2-1-3-7-15)17-10-11-20-18(13-17)12-16-8-4-5-9-19(16)20/h1-11,13H,12,14H2/b26-21-. The van der Waals surface area contributed by atoms with Crippen LogP contribution in [0.5, 0.6) is 0 Å². The molecule has 0 aromatic heterocycles. The Morgan fingerprint density at radius 1 is 0.900 bits per heavy atom. The maximum atomic E-state index is 13.6. The molecule has 0 bridgehead atoms. The van der Waals surface area contributed by atoms with Gasteiger partial charge >= 0.3 is 16.3 Å². The number of alkyl halides is 3. The largest absolute Gasteiger partial charge is 0.437 e. The summed E-state index contributed by atoms with van der Waals surface area (Å²) in [5.41, 5.74) is 2.33. The molecule has 8 heteroatoms. The predicted octanol–water partition coefficient (Wildman–Crippen LogP) is 5.07. The molecule has 0 N–H and O–H groups in total. The second-order valence-electron chi connectivity index (χ2n) is 6.91. The highest BCUT2D eigenvalue weighted by Crippen LogP contribution is 2.37. The molecule has 3 aromatic rings. The second-order valence-corrected chi connectivity index (χ2v) is 8.46. The van der Waals surface area contributed by atoms with E-state index < -0.39 is 27.8 Å². The monoisotopic (exact) mass is 431 g/mol. The molecule has 0 saturated heterocycles. The molecule has 0 saturated carbocycles. The van der Waals surface area contributed by atoms with Crippen molar-refractivity contribution >= 4 is 15.8 Å². The Morgan fingerprint density at radius 2 is 1.57 bits per heavy atom. The van der Waals surface area contributed by atoms with Gasteiger partial charge in [-0.25, -0.2) is 0 Å². The zero-order valence-corrected chi connectivity index (χ0v) is 16.4. The molecule has 30 heavy (non-hydrogen) atoms. The van der Waals surface area contributed by atoms with Crippen LogP contribution in [0.1, 0.15) is 22.3 Å². The minimum absolute atomic E-state index is 0.246. The van der Waals surface area contributed by atoms with E-state index in [0.29, 0.717) is 12.0 Å². The Kier molecular flexibility index (Phi) is 5.11. The van der Waals surface area contributed by atoms with Crippen molar-refractivity contribution in [2.75, 3.05) is 0 Å². The normalized spacial score (nSPS) is 13.6. The zero-order chi connectivity index (χ0) is 21.4. The highest BCUT2D eigenvalue weighted by molar-refractivity contribution is 7.85. The van der Waals surface area contributed by atoms with E-state index in [-0.39, 0.29) is 5.56 Å². The summed E-state index contributed by atoms with van der Waals surface area (Å²) in [6, 6.07) is 19.9. The molecule has 4 rings (SSSR count). The third-order valence-electron chi connectivity index (χ3n) is 4.76. The highest BCUT2D eigenvalue weighted by atomic mass is 32.2. The lowest BCUT2D eigenvalue weighted by atomic mass is 10.0. The third-order valence-corrected chi connectivity index (χ3v) is 5.75. The molecule has 0 aliphatic heterocycles. The number of oxime groups is 1. The van der Waals surface area contributed by atoms with Gasteiger partial charge in [0.05, 0.1) is 0 Å². The van der Waals surface area contributed by atoms with Crippen LogP contribution in [0.3, 0.4) is 0 Å². The van der Waals surface area contributed by atoms with Gasteiger partial charge in [0, 0.05) is 5.56 Å². The van der Waals surface area contributed by atoms with E-state index in [4.69, 9.17) is 0 Å². The van der Waals surface area contributed by atoms with E-state index in [9.17, 15) is 21.6 Å². The number of benzene rings is 3. The van der Waals surface area contributed by atoms with Crippen LogP contribution in [0.4, 0.5) is 13.2 Å². The van der Waals surface area contributed by atoms with Crippen molar-refractivity contribution < 1.29 is 25.9 Å². The lowest BCUT2D eigenvalue weighted by Gasteiger charge is -2.12. The molecule has 0 radical (unpaired) electrons. The Labute approximate surface area is 171 Å². The maximum absolute atomic E-state index is 13.6. The minimum atomic E-state index is -4.89. The molecule has 0 heterocycles. The summed E-state index contributed by atoms with van der Waals surface area (Å²) in [6.07, 6.45) is -4.39. The molecular weight excluding hydrogens is 415 g/mol. The Hall–Kier alpha value is -3.13. The van der Waals surface area contributed by atoms with E-state index >= 15 is 0 Å². The van der Waals surface area contributed by atoms with Gasteiger partial charge in [0.15, 0.2) is 5.71 Å². The van der Waals surface area contributed by atoms with Gasteiger partial charge in [-0.3, -0.25) is 4.28 Å². The summed E-state index contributed by atoms with van der Waals surface area (Å²) in [6.45, 7) is 0. The summed E-state index contributed by atoms with van der Waals surface area (Å²) < 4.78 is 69.5. The number of rotatable bonds is 5. The van der Waals surface area contributed by atoms with Crippen molar-refractivity contribution in [3.05, 3.63) is 95.1 Å². The third kappa shape index (κ3) is 4.23. The molecular formula is C22H16F3NO3S. The summed E-state index contributed by atoms with van der Waals surface area (Å²) in [7, 11) is -4.34. The van der Waals surface area contributed by atoms with E-state index in [2.05, 4.69) is 9.44 Å².